The lowest BCUT2D eigenvalue weighted by atomic mass is 10.0. The van der Waals surface area contributed by atoms with Gasteiger partial charge in [0.1, 0.15) is 23.6 Å². The fraction of sp³-hybridized carbons (Fsp3) is 0.273. The Kier molecular flexibility index (Phi) is 9.18. The van der Waals surface area contributed by atoms with Crippen molar-refractivity contribution >= 4 is 23.6 Å². The van der Waals surface area contributed by atoms with E-state index in [1.54, 1.807) is 24.3 Å². The van der Waals surface area contributed by atoms with Gasteiger partial charge in [0.15, 0.2) is 0 Å². The van der Waals surface area contributed by atoms with Crippen LogP contribution in [0.3, 0.4) is 0 Å². The molecule has 7 N–H and O–H groups in total. The Bertz CT molecular complexity index is 977. The number of nitrogens with one attached hydrogen (secondary N) is 4. The van der Waals surface area contributed by atoms with Crippen LogP contribution in [0.5, 0.6) is 11.5 Å². The van der Waals surface area contributed by atoms with E-state index in [1.165, 1.54) is 36.7 Å². The van der Waals surface area contributed by atoms with Crippen molar-refractivity contribution in [1.29, 1.82) is 0 Å². The van der Waals surface area contributed by atoms with E-state index >= 15 is 0 Å². The van der Waals surface area contributed by atoms with Gasteiger partial charge in [-0.25, -0.2) is 5.48 Å². The smallest absolute Gasteiger partial charge is 0.262 e. The normalized spacial score (nSPS) is 12.2. The maximum Gasteiger partial charge on any atom is 0.262 e. The van der Waals surface area contributed by atoms with Crippen LogP contribution in [0.2, 0.25) is 0 Å². The molecule has 11 nitrogen and oxygen atoms in total. The molecular formula is C22H26N4O7. The molecule has 0 aromatic heterocycles. The van der Waals surface area contributed by atoms with Crippen molar-refractivity contribution < 1.29 is 34.6 Å². The first kappa shape index (κ1) is 25.1. The average molecular weight is 458 g/mol. The predicted molar refractivity (Wildman–Crippen MR) is 116 cm³/mol. The number of benzene rings is 2. The number of carbonyl (C=O) groups is 4. The second-order valence-corrected chi connectivity index (χ2v) is 7.31. The maximum absolute atomic E-state index is 13.0. The molecule has 2 atom stereocenters. The molecule has 2 aromatic carbocycles. The van der Waals surface area contributed by atoms with E-state index in [4.69, 9.17) is 5.21 Å². The van der Waals surface area contributed by atoms with E-state index in [-0.39, 0.29) is 24.3 Å². The molecule has 2 aromatic rings. The summed E-state index contributed by atoms with van der Waals surface area (Å²) in [5.74, 6) is -2.54. The van der Waals surface area contributed by atoms with E-state index < -0.39 is 42.3 Å². The topological polar surface area (TPSA) is 177 Å². The molecule has 0 unspecified atom stereocenters. The number of phenolic OH excluding ortho intramolecular Hbond substituents is 2. The van der Waals surface area contributed by atoms with Crippen LogP contribution in [-0.4, -0.2) is 57.7 Å². The van der Waals surface area contributed by atoms with E-state index in [2.05, 4.69) is 16.0 Å². The third-order valence-corrected chi connectivity index (χ3v) is 4.63. The highest BCUT2D eigenvalue weighted by Crippen LogP contribution is 2.13. The molecule has 0 aliphatic carbocycles. The summed E-state index contributed by atoms with van der Waals surface area (Å²) in [5, 5.41) is 34.9. The standard InChI is InChI=1S/C22H26N4O7/c1-13(27)24-19(11-15-4-8-17(29)9-5-15)22(32)25-18(21(31)23-12-20(30)26-33)10-14-2-6-16(28)7-3-14/h2-9,18-19,28-29,33H,10-12H2,1H3,(H,23,31)(H,24,27)(H,25,32)(H,26,30)/t18-,19-/m0/s1. The lowest BCUT2D eigenvalue weighted by Gasteiger charge is -2.23. The minimum Gasteiger partial charge on any atom is -0.508 e. The maximum atomic E-state index is 13.0. The highest BCUT2D eigenvalue weighted by Gasteiger charge is 2.27. The molecule has 0 saturated heterocycles. The molecule has 0 radical (unpaired) electrons. The van der Waals surface area contributed by atoms with Gasteiger partial charge in [-0.1, -0.05) is 24.3 Å². The minimum absolute atomic E-state index is 0.0306. The number of hydrogen-bond acceptors (Lipinski definition) is 7. The van der Waals surface area contributed by atoms with E-state index in [9.17, 15) is 29.4 Å². The summed E-state index contributed by atoms with van der Waals surface area (Å²) in [6, 6.07) is 9.97. The zero-order valence-corrected chi connectivity index (χ0v) is 17.9. The molecule has 0 bridgehead atoms. The summed E-state index contributed by atoms with van der Waals surface area (Å²) in [7, 11) is 0. The molecule has 33 heavy (non-hydrogen) atoms. The summed E-state index contributed by atoms with van der Waals surface area (Å²) >= 11 is 0. The van der Waals surface area contributed by atoms with Crippen molar-refractivity contribution in [3.05, 3.63) is 59.7 Å². The lowest BCUT2D eigenvalue weighted by Crippen LogP contribution is -2.55. The number of amides is 4. The second-order valence-electron chi connectivity index (χ2n) is 7.31. The summed E-state index contributed by atoms with van der Waals surface area (Å²) in [4.78, 5) is 48.6. The average Bonchev–Trinajstić information content (AvgIpc) is 2.78. The SMILES string of the molecule is CC(=O)N[C@@H](Cc1ccc(O)cc1)C(=O)N[C@@H](Cc1ccc(O)cc1)C(=O)NCC(=O)NO. The molecule has 11 heteroatoms. The third-order valence-electron chi connectivity index (χ3n) is 4.63. The van der Waals surface area contributed by atoms with Crippen molar-refractivity contribution in [2.75, 3.05) is 6.54 Å². The Morgan fingerprint density at radius 1 is 0.758 bits per heavy atom. The zero-order chi connectivity index (χ0) is 24.4. The van der Waals surface area contributed by atoms with Crippen molar-refractivity contribution in [2.24, 2.45) is 0 Å². The molecule has 0 spiro atoms. The van der Waals surface area contributed by atoms with Gasteiger partial charge in [-0.3, -0.25) is 24.4 Å². The quantitative estimate of drug-likeness (QED) is 0.185. The molecule has 176 valence electrons. The number of carbonyl (C=O) groups excluding carboxylic acids is 4. The van der Waals surface area contributed by atoms with Gasteiger partial charge in [-0.05, 0) is 35.4 Å². The van der Waals surface area contributed by atoms with Crippen molar-refractivity contribution in [3.63, 3.8) is 0 Å². The molecule has 4 amide bonds. The van der Waals surface area contributed by atoms with Crippen LogP contribution < -0.4 is 21.4 Å². The molecule has 0 aliphatic rings. The number of rotatable bonds is 10. The van der Waals surface area contributed by atoms with Crippen LogP contribution in [0.15, 0.2) is 48.5 Å². The van der Waals surface area contributed by atoms with E-state index in [0.717, 1.165) is 0 Å². The van der Waals surface area contributed by atoms with Gasteiger partial charge in [0, 0.05) is 19.8 Å². The fourth-order valence-electron chi connectivity index (χ4n) is 3.00. The summed E-state index contributed by atoms with van der Waals surface area (Å²) < 4.78 is 0. The monoisotopic (exact) mass is 458 g/mol. The van der Waals surface area contributed by atoms with Crippen molar-refractivity contribution in [3.8, 4) is 11.5 Å². The van der Waals surface area contributed by atoms with Crippen LogP contribution in [0.25, 0.3) is 0 Å². The molecule has 2 rings (SSSR count). The minimum atomic E-state index is -1.12. The number of hydroxylamine groups is 1. The fourth-order valence-corrected chi connectivity index (χ4v) is 3.00. The molecular weight excluding hydrogens is 432 g/mol. The van der Waals surface area contributed by atoms with Gasteiger partial charge in [-0.2, -0.15) is 0 Å². The van der Waals surface area contributed by atoms with Gasteiger partial charge in [0.2, 0.25) is 17.7 Å². The number of aromatic hydroxyl groups is 2. The summed E-state index contributed by atoms with van der Waals surface area (Å²) in [5.41, 5.74) is 2.68. The predicted octanol–water partition coefficient (Wildman–Crippen LogP) is -0.506. The largest absolute Gasteiger partial charge is 0.508 e. The first-order valence-electron chi connectivity index (χ1n) is 10.0. The van der Waals surface area contributed by atoms with E-state index in [1.807, 2.05) is 0 Å². The van der Waals surface area contributed by atoms with Gasteiger partial charge in [0.25, 0.3) is 5.91 Å². The highest BCUT2D eigenvalue weighted by atomic mass is 16.5. The third kappa shape index (κ3) is 8.50. The van der Waals surface area contributed by atoms with Crippen LogP contribution in [-0.2, 0) is 32.0 Å². The van der Waals surface area contributed by atoms with Crippen molar-refractivity contribution in [2.45, 2.75) is 31.8 Å². The molecule has 0 aliphatic heterocycles. The van der Waals surface area contributed by atoms with Crippen LogP contribution in [0.4, 0.5) is 0 Å². The highest BCUT2D eigenvalue weighted by molar-refractivity contribution is 5.93. The second kappa shape index (κ2) is 12.1. The number of phenols is 2. The molecule has 0 heterocycles. The van der Waals surface area contributed by atoms with Gasteiger partial charge in [0.05, 0.1) is 6.54 Å². The van der Waals surface area contributed by atoms with Crippen LogP contribution in [0, 0.1) is 0 Å². The van der Waals surface area contributed by atoms with Crippen LogP contribution in [0.1, 0.15) is 18.1 Å². The first-order chi connectivity index (χ1) is 15.7. The molecule has 0 fully saturated rings. The van der Waals surface area contributed by atoms with Gasteiger partial charge in [-0.15, -0.1) is 0 Å². The Balaban J connectivity index is 2.19. The summed E-state index contributed by atoms with van der Waals surface area (Å²) in [6.07, 6.45) is 0.136. The Morgan fingerprint density at radius 2 is 1.21 bits per heavy atom. The Hall–Kier alpha value is -4.12. The van der Waals surface area contributed by atoms with E-state index in [0.29, 0.717) is 11.1 Å². The van der Waals surface area contributed by atoms with Crippen LogP contribution >= 0.6 is 0 Å². The number of hydrogen-bond donors (Lipinski definition) is 7. The van der Waals surface area contributed by atoms with Gasteiger partial charge >= 0.3 is 0 Å². The Labute approximate surface area is 189 Å². The van der Waals surface area contributed by atoms with Crippen molar-refractivity contribution in [1.82, 2.24) is 21.4 Å². The first-order valence-corrected chi connectivity index (χ1v) is 10.0. The zero-order valence-electron chi connectivity index (χ0n) is 17.9. The van der Waals surface area contributed by atoms with Gasteiger partial charge < -0.3 is 26.2 Å². The Morgan fingerprint density at radius 3 is 1.64 bits per heavy atom. The molecule has 0 saturated carbocycles. The lowest BCUT2D eigenvalue weighted by molar-refractivity contribution is -0.133. The summed E-state index contributed by atoms with van der Waals surface area (Å²) in [6.45, 7) is 0.741.